The number of rotatable bonds is 2. The summed E-state index contributed by atoms with van der Waals surface area (Å²) >= 11 is 3.38. The van der Waals surface area contributed by atoms with Gasteiger partial charge in [-0.05, 0) is 23.1 Å². The molecule has 1 unspecified atom stereocenters. The van der Waals surface area contributed by atoms with Crippen LogP contribution in [0.1, 0.15) is 32.4 Å². The van der Waals surface area contributed by atoms with Crippen molar-refractivity contribution >= 4 is 22.0 Å². The molecule has 0 saturated carbocycles. The van der Waals surface area contributed by atoms with Crippen LogP contribution in [0, 0.1) is 5.41 Å². The first-order valence-corrected chi connectivity index (χ1v) is 6.24. The molecule has 1 aromatic rings. The van der Waals surface area contributed by atoms with E-state index < -0.39 is 6.09 Å². The van der Waals surface area contributed by atoms with Crippen LogP contribution in [0.2, 0.25) is 0 Å². The van der Waals surface area contributed by atoms with Crippen LogP contribution < -0.4 is 0 Å². The van der Waals surface area contributed by atoms with Gasteiger partial charge < -0.3 is 10.0 Å². The Morgan fingerprint density at radius 3 is 2.12 bits per heavy atom. The normalized spacial score (nSPS) is 13.2. The number of hydrogen-bond donors (Lipinski definition) is 1. The summed E-state index contributed by atoms with van der Waals surface area (Å²) < 4.78 is 0.992. The van der Waals surface area contributed by atoms with Crippen molar-refractivity contribution in [2.24, 2.45) is 5.41 Å². The highest BCUT2D eigenvalue weighted by atomic mass is 79.9. The molecule has 17 heavy (non-hydrogen) atoms. The van der Waals surface area contributed by atoms with Crippen LogP contribution in [-0.2, 0) is 0 Å². The average Bonchev–Trinajstić information content (AvgIpc) is 2.19. The van der Waals surface area contributed by atoms with Crippen LogP contribution in [0.5, 0.6) is 0 Å². The first-order chi connectivity index (χ1) is 7.73. The molecular weight excluding hydrogens is 282 g/mol. The van der Waals surface area contributed by atoms with Crippen molar-refractivity contribution in [2.45, 2.75) is 26.8 Å². The van der Waals surface area contributed by atoms with Crippen molar-refractivity contribution in [3.8, 4) is 0 Å². The lowest BCUT2D eigenvalue weighted by atomic mass is 9.81. The second-order valence-corrected chi connectivity index (χ2v) is 6.13. The Kier molecular flexibility index (Phi) is 4.20. The highest BCUT2D eigenvalue weighted by molar-refractivity contribution is 9.10. The largest absolute Gasteiger partial charge is 0.465 e. The highest BCUT2D eigenvalue weighted by Crippen LogP contribution is 2.37. The molecule has 0 aliphatic carbocycles. The molecule has 1 rings (SSSR count). The van der Waals surface area contributed by atoms with Crippen LogP contribution >= 0.6 is 15.9 Å². The maximum absolute atomic E-state index is 11.1. The van der Waals surface area contributed by atoms with Crippen LogP contribution in [-0.4, -0.2) is 23.1 Å². The second kappa shape index (κ2) is 5.08. The van der Waals surface area contributed by atoms with Gasteiger partial charge in [0.15, 0.2) is 0 Å². The molecule has 0 radical (unpaired) electrons. The summed E-state index contributed by atoms with van der Waals surface area (Å²) in [6.45, 7) is 6.12. The third-order valence-electron chi connectivity index (χ3n) is 2.70. The van der Waals surface area contributed by atoms with Gasteiger partial charge in [-0.15, -0.1) is 0 Å². The summed E-state index contributed by atoms with van der Waals surface area (Å²) in [5.41, 5.74) is 0.853. The van der Waals surface area contributed by atoms with Gasteiger partial charge in [-0.2, -0.15) is 0 Å². The smallest absolute Gasteiger partial charge is 0.407 e. The molecule has 4 heteroatoms. The van der Waals surface area contributed by atoms with Gasteiger partial charge in [0.2, 0.25) is 0 Å². The predicted molar refractivity (Wildman–Crippen MR) is 72.1 cm³/mol. The first-order valence-electron chi connectivity index (χ1n) is 5.44. The van der Waals surface area contributed by atoms with E-state index in [0.29, 0.717) is 0 Å². The van der Waals surface area contributed by atoms with Gasteiger partial charge >= 0.3 is 6.09 Å². The summed E-state index contributed by atoms with van der Waals surface area (Å²) in [7, 11) is 1.61. The molecule has 1 atom stereocenters. The van der Waals surface area contributed by atoms with Crippen molar-refractivity contribution in [2.75, 3.05) is 7.05 Å². The van der Waals surface area contributed by atoms with Gasteiger partial charge in [-0.25, -0.2) is 4.79 Å². The van der Waals surface area contributed by atoms with E-state index in [4.69, 9.17) is 5.11 Å². The molecule has 3 nitrogen and oxygen atoms in total. The lowest BCUT2D eigenvalue weighted by Gasteiger charge is -2.36. The van der Waals surface area contributed by atoms with E-state index in [1.54, 1.807) is 7.05 Å². The number of nitrogens with zero attached hydrogens (tertiary/aromatic N) is 1. The minimum absolute atomic E-state index is 0.152. The zero-order valence-electron chi connectivity index (χ0n) is 10.6. The molecule has 94 valence electrons. The van der Waals surface area contributed by atoms with E-state index in [1.807, 2.05) is 45.0 Å². The molecule has 0 saturated heterocycles. The molecule has 1 N–H and O–H groups in total. The molecule has 0 aliphatic heterocycles. The lowest BCUT2D eigenvalue weighted by Crippen LogP contribution is -2.37. The second-order valence-electron chi connectivity index (χ2n) is 5.21. The topological polar surface area (TPSA) is 40.5 Å². The van der Waals surface area contributed by atoms with Gasteiger partial charge in [0.25, 0.3) is 0 Å². The Labute approximate surface area is 111 Å². The van der Waals surface area contributed by atoms with Crippen molar-refractivity contribution in [3.05, 3.63) is 34.3 Å². The number of amides is 1. The molecule has 0 heterocycles. The van der Waals surface area contributed by atoms with E-state index in [0.717, 1.165) is 10.0 Å². The Morgan fingerprint density at radius 2 is 1.76 bits per heavy atom. The van der Waals surface area contributed by atoms with Crippen molar-refractivity contribution in [3.63, 3.8) is 0 Å². The monoisotopic (exact) mass is 299 g/mol. The van der Waals surface area contributed by atoms with E-state index in [-0.39, 0.29) is 11.5 Å². The number of carboxylic acid groups (broad SMARTS) is 1. The van der Waals surface area contributed by atoms with Crippen LogP contribution in [0.25, 0.3) is 0 Å². The van der Waals surface area contributed by atoms with Gasteiger partial charge in [-0.3, -0.25) is 0 Å². The molecule has 1 amide bonds. The molecule has 1 aromatic carbocycles. The number of benzene rings is 1. The summed E-state index contributed by atoms with van der Waals surface area (Å²) in [6, 6.07) is 7.62. The van der Waals surface area contributed by atoms with Gasteiger partial charge in [0.05, 0.1) is 6.04 Å². The quantitative estimate of drug-likeness (QED) is 0.891. The minimum Gasteiger partial charge on any atom is -0.465 e. The summed E-state index contributed by atoms with van der Waals surface area (Å²) in [6.07, 6.45) is -0.909. The predicted octanol–water partition coefficient (Wildman–Crippen LogP) is 4.15. The van der Waals surface area contributed by atoms with Crippen molar-refractivity contribution < 1.29 is 9.90 Å². The average molecular weight is 300 g/mol. The van der Waals surface area contributed by atoms with Crippen LogP contribution in [0.15, 0.2) is 28.7 Å². The fourth-order valence-electron chi connectivity index (χ4n) is 2.06. The molecule has 0 aliphatic rings. The maximum Gasteiger partial charge on any atom is 0.407 e. The fraction of sp³-hybridized carbons (Fsp3) is 0.462. The standard InChI is InChI=1S/C13H18BrNO2/c1-13(2,3)11(15(4)12(16)17)9-5-7-10(14)8-6-9/h5-8,11H,1-4H3,(H,16,17). The van der Waals surface area contributed by atoms with E-state index >= 15 is 0 Å². The fourth-order valence-corrected chi connectivity index (χ4v) is 2.32. The maximum atomic E-state index is 11.1. The molecule has 0 aromatic heterocycles. The molecular formula is C13H18BrNO2. The minimum atomic E-state index is -0.909. The zero-order valence-corrected chi connectivity index (χ0v) is 12.2. The Bertz CT molecular complexity index is 395. The third kappa shape index (κ3) is 3.46. The number of carbonyl (C=O) groups is 1. The molecule has 0 spiro atoms. The third-order valence-corrected chi connectivity index (χ3v) is 3.22. The molecule has 0 bridgehead atoms. The Morgan fingerprint density at radius 1 is 1.29 bits per heavy atom. The van der Waals surface area contributed by atoms with E-state index in [9.17, 15) is 4.79 Å². The number of halogens is 1. The van der Waals surface area contributed by atoms with Gasteiger partial charge in [0.1, 0.15) is 0 Å². The van der Waals surface area contributed by atoms with Crippen molar-refractivity contribution in [1.82, 2.24) is 4.90 Å². The Hall–Kier alpha value is -1.03. The van der Waals surface area contributed by atoms with Crippen LogP contribution in [0.3, 0.4) is 0 Å². The Balaban J connectivity index is 3.15. The summed E-state index contributed by atoms with van der Waals surface area (Å²) in [5.74, 6) is 0. The van der Waals surface area contributed by atoms with Crippen LogP contribution in [0.4, 0.5) is 4.79 Å². The summed E-state index contributed by atoms with van der Waals surface area (Å²) in [5, 5.41) is 9.15. The van der Waals surface area contributed by atoms with E-state index in [1.165, 1.54) is 4.90 Å². The first kappa shape index (κ1) is 14.0. The van der Waals surface area contributed by atoms with Gasteiger partial charge in [-0.1, -0.05) is 48.8 Å². The zero-order chi connectivity index (χ0) is 13.2. The molecule has 0 fully saturated rings. The highest BCUT2D eigenvalue weighted by Gasteiger charge is 2.32. The van der Waals surface area contributed by atoms with Crippen molar-refractivity contribution in [1.29, 1.82) is 0 Å². The van der Waals surface area contributed by atoms with Gasteiger partial charge in [0, 0.05) is 11.5 Å². The van der Waals surface area contributed by atoms with E-state index in [2.05, 4.69) is 15.9 Å². The SMILES string of the molecule is CN(C(=O)O)C(c1ccc(Br)cc1)C(C)(C)C. The number of hydrogen-bond acceptors (Lipinski definition) is 1. The lowest BCUT2D eigenvalue weighted by molar-refractivity contribution is 0.0987. The summed E-state index contributed by atoms with van der Waals surface area (Å²) in [4.78, 5) is 12.5.